The number of hydrogen-bond donors (Lipinski definition) is 1. The second-order valence-corrected chi connectivity index (χ2v) is 7.07. The van der Waals surface area contributed by atoms with E-state index in [-0.39, 0.29) is 0 Å². The minimum atomic E-state index is 0.361. The van der Waals surface area contributed by atoms with Gasteiger partial charge in [-0.3, -0.25) is 0 Å². The van der Waals surface area contributed by atoms with Crippen LogP contribution in [-0.4, -0.2) is 0 Å². The smallest absolute Gasteiger partial charge is 0.0406 e. The van der Waals surface area contributed by atoms with Crippen molar-refractivity contribution in [3.8, 4) is 0 Å². The van der Waals surface area contributed by atoms with Crippen LogP contribution in [0.4, 0.5) is 0 Å². The Morgan fingerprint density at radius 1 is 1.05 bits per heavy atom. The van der Waals surface area contributed by atoms with Gasteiger partial charge in [-0.15, -0.1) is 11.3 Å². The van der Waals surface area contributed by atoms with E-state index in [4.69, 9.17) is 11.6 Å². The molecule has 0 spiro atoms. The molecule has 1 nitrogen and oxygen atoms in total. The van der Waals surface area contributed by atoms with E-state index in [2.05, 4.69) is 50.4 Å². The molecule has 1 aromatic carbocycles. The summed E-state index contributed by atoms with van der Waals surface area (Å²) in [5.41, 5.74) is 1.30. The quantitative estimate of drug-likeness (QED) is 0.748. The Morgan fingerprint density at radius 3 is 2.25 bits per heavy atom. The van der Waals surface area contributed by atoms with Gasteiger partial charge >= 0.3 is 0 Å². The van der Waals surface area contributed by atoms with Crippen molar-refractivity contribution in [1.29, 1.82) is 0 Å². The fourth-order valence-corrected chi connectivity index (χ4v) is 3.36. The summed E-state index contributed by atoms with van der Waals surface area (Å²) in [6.45, 7) is 7.63. The van der Waals surface area contributed by atoms with Crippen LogP contribution in [0.25, 0.3) is 0 Å². The lowest BCUT2D eigenvalue weighted by molar-refractivity contribution is 0.412. The van der Waals surface area contributed by atoms with Crippen LogP contribution in [-0.2, 0) is 13.0 Å². The van der Waals surface area contributed by atoms with Gasteiger partial charge in [-0.05, 0) is 42.2 Å². The molecule has 2 aromatic rings. The van der Waals surface area contributed by atoms with Crippen LogP contribution >= 0.6 is 22.9 Å². The van der Waals surface area contributed by atoms with Crippen molar-refractivity contribution in [2.24, 2.45) is 5.92 Å². The summed E-state index contributed by atoms with van der Waals surface area (Å²) in [4.78, 5) is 2.86. The van der Waals surface area contributed by atoms with Crippen LogP contribution in [0, 0.1) is 5.92 Å². The first-order valence-corrected chi connectivity index (χ1v) is 8.36. The summed E-state index contributed by atoms with van der Waals surface area (Å²) in [5, 5.41) is 4.47. The lowest BCUT2D eigenvalue weighted by atomic mass is 9.96. The maximum absolute atomic E-state index is 5.97. The van der Waals surface area contributed by atoms with E-state index in [9.17, 15) is 0 Å². The lowest BCUT2D eigenvalue weighted by Crippen LogP contribution is -2.24. The normalized spacial score (nSPS) is 12.8. The molecule has 0 bridgehead atoms. The summed E-state index contributed by atoms with van der Waals surface area (Å²) in [5.74, 6) is 0.543. The molecule has 0 saturated carbocycles. The van der Waals surface area contributed by atoms with Gasteiger partial charge in [0.1, 0.15) is 0 Å². The van der Waals surface area contributed by atoms with E-state index >= 15 is 0 Å². The topological polar surface area (TPSA) is 12.0 Å². The average Bonchev–Trinajstić information content (AvgIpc) is 2.88. The molecule has 20 heavy (non-hydrogen) atoms. The van der Waals surface area contributed by atoms with Crippen LogP contribution in [0.3, 0.4) is 0 Å². The van der Waals surface area contributed by atoms with Gasteiger partial charge in [-0.25, -0.2) is 0 Å². The van der Waals surface area contributed by atoms with Crippen molar-refractivity contribution in [3.63, 3.8) is 0 Å². The minimum Gasteiger partial charge on any atom is -0.305 e. The van der Waals surface area contributed by atoms with Gasteiger partial charge in [0.2, 0.25) is 0 Å². The Hall–Kier alpha value is -0.830. The van der Waals surface area contributed by atoms with E-state index in [0.29, 0.717) is 12.0 Å². The van der Waals surface area contributed by atoms with Gasteiger partial charge in [0.25, 0.3) is 0 Å². The van der Waals surface area contributed by atoms with E-state index < -0.39 is 0 Å². The monoisotopic (exact) mass is 307 g/mol. The van der Waals surface area contributed by atoms with Crippen LogP contribution in [0.15, 0.2) is 36.4 Å². The predicted molar refractivity (Wildman–Crippen MR) is 89.6 cm³/mol. The Morgan fingerprint density at radius 2 is 1.70 bits per heavy atom. The first-order valence-electron chi connectivity index (χ1n) is 7.16. The lowest BCUT2D eigenvalue weighted by Gasteiger charge is -2.23. The maximum Gasteiger partial charge on any atom is 0.0406 e. The molecule has 0 aliphatic heterocycles. The van der Waals surface area contributed by atoms with Crippen molar-refractivity contribution in [2.45, 2.75) is 39.8 Å². The first-order chi connectivity index (χ1) is 9.60. The molecule has 1 atom stereocenters. The van der Waals surface area contributed by atoms with Crippen LogP contribution in [0.2, 0.25) is 5.02 Å². The number of benzene rings is 1. The Kier molecular flexibility index (Phi) is 5.64. The molecule has 1 heterocycles. The predicted octanol–water partition coefficient (Wildman–Crippen LogP) is 5.45. The van der Waals surface area contributed by atoms with E-state index in [0.717, 1.165) is 18.0 Å². The standard InChI is InChI=1S/C17H22ClNS/c1-4-15-9-10-16(20-15)11-19-17(12(2)3)13-5-7-14(18)8-6-13/h5-10,12,17,19H,4,11H2,1-3H3. The van der Waals surface area contributed by atoms with Gasteiger partial charge in [0.15, 0.2) is 0 Å². The van der Waals surface area contributed by atoms with E-state index in [1.54, 1.807) is 0 Å². The molecule has 0 saturated heterocycles. The average molecular weight is 308 g/mol. The third-order valence-corrected chi connectivity index (χ3v) is 4.94. The summed E-state index contributed by atoms with van der Waals surface area (Å²) >= 11 is 7.87. The Labute approximate surface area is 131 Å². The summed E-state index contributed by atoms with van der Waals surface area (Å²) in [7, 11) is 0. The number of rotatable bonds is 6. The second-order valence-electron chi connectivity index (χ2n) is 5.38. The number of thiophene rings is 1. The summed E-state index contributed by atoms with van der Waals surface area (Å²) in [6.07, 6.45) is 1.12. The van der Waals surface area contributed by atoms with Crippen LogP contribution in [0.5, 0.6) is 0 Å². The molecule has 0 aliphatic rings. The highest BCUT2D eigenvalue weighted by molar-refractivity contribution is 7.11. The second kappa shape index (κ2) is 7.26. The molecule has 1 N–H and O–H groups in total. The van der Waals surface area contributed by atoms with Crippen LogP contribution in [0.1, 0.15) is 42.1 Å². The molecular formula is C17H22ClNS. The van der Waals surface area contributed by atoms with Crippen molar-refractivity contribution in [1.82, 2.24) is 5.32 Å². The van der Waals surface area contributed by atoms with Gasteiger partial charge in [-0.1, -0.05) is 44.5 Å². The molecule has 108 valence electrons. The number of aryl methyl sites for hydroxylation is 1. The van der Waals surface area contributed by atoms with Crippen molar-refractivity contribution in [3.05, 3.63) is 56.7 Å². The highest BCUT2D eigenvalue weighted by Crippen LogP contribution is 2.25. The highest BCUT2D eigenvalue weighted by Gasteiger charge is 2.15. The SMILES string of the molecule is CCc1ccc(CNC(c2ccc(Cl)cc2)C(C)C)s1. The molecule has 0 aliphatic carbocycles. The first kappa shape index (κ1) is 15.6. The van der Waals surface area contributed by atoms with E-state index in [1.165, 1.54) is 15.3 Å². The Balaban J connectivity index is 2.04. The number of nitrogens with one attached hydrogen (secondary N) is 1. The fraction of sp³-hybridized carbons (Fsp3) is 0.412. The zero-order valence-electron chi connectivity index (χ0n) is 12.3. The van der Waals surface area contributed by atoms with E-state index in [1.807, 2.05) is 23.5 Å². The summed E-state index contributed by atoms with van der Waals surface area (Å²) in [6, 6.07) is 13.0. The third kappa shape index (κ3) is 4.08. The zero-order valence-corrected chi connectivity index (χ0v) is 13.9. The van der Waals surface area contributed by atoms with Gasteiger partial charge in [0, 0.05) is 27.4 Å². The Bertz CT molecular complexity index is 530. The van der Waals surface area contributed by atoms with Crippen molar-refractivity contribution in [2.75, 3.05) is 0 Å². The highest BCUT2D eigenvalue weighted by atomic mass is 35.5. The molecule has 0 amide bonds. The molecule has 0 fully saturated rings. The zero-order chi connectivity index (χ0) is 14.5. The molecule has 1 unspecified atom stereocenters. The van der Waals surface area contributed by atoms with Crippen molar-refractivity contribution < 1.29 is 0 Å². The van der Waals surface area contributed by atoms with Gasteiger partial charge in [-0.2, -0.15) is 0 Å². The largest absolute Gasteiger partial charge is 0.305 e. The minimum absolute atomic E-state index is 0.361. The molecule has 3 heteroatoms. The summed E-state index contributed by atoms with van der Waals surface area (Å²) < 4.78 is 0. The maximum atomic E-state index is 5.97. The number of hydrogen-bond acceptors (Lipinski definition) is 2. The third-order valence-electron chi connectivity index (χ3n) is 3.46. The number of halogens is 1. The van der Waals surface area contributed by atoms with Crippen molar-refractivity contribution >= 4 is 22.9 Å². The van der Waals surface area contributed by atoms with Gasteiger partial charge in [0.05, 0.1) is 0 Å². The van der Waals surface area contributed by atoms with Gasteiger partial charge < -0.3 is 5.32 Å². The molecule has 0 radical (unpaired) electrons. The molecule has 1 aromatic heterocycles. The fourth-order valence-electron chi connectivity index (χ4n) is 2.33. The molecular weight excluding hydrogens is 286 g/mol. The van der Waals surface area contributed by atoms with Crippen LogP contribution < -0.4 is 5.32 Å². The molecule has 2 rings (SSSR count).